The molecule has 0 aliphatic heterocycles. The standard InChI is InChI=1S/C16H14ClN3O/c17-12-6-4-10(9-18)8-15(12)19-13-2-1-3-14-11(13)5-7-16(21)20-14/h4-8,13,19H,1-3H2,(H,20,21). The SMILES string of the molecule is N#Cc1ccc(Cl)c(NC2CCCc3[nH]c(=O)ccc32)c1. The molecular weight excluding hydrogens is 286 g/mol. The smallest absolute Gasteiger partial charge is 0.248 e. The second-order valence-electron chi connectivity index (χ2n) is 5.15. The van der Waals surface area contributed by atoms with Gasteiger partial charge >= 0.3 is 0 Å². The summed E-state index contributed by atoms with van der Waals surface area (Å²) in [6.07, 6.45) is 2.85. The molecular formula is C16H14ClN3O. The van der Waals surface area contributed by atoms with Gasteiger partial charge in [-0.05, 0) is 49.1 Å². The molecule has 0 saturated heterocycles. The van der Waals surface area contributed by atoms with E-state index in [0.29, 0.717) is 10.6 Å². The second kappa shape index (κ2) is 5.63. The van der Waals surface area contributed by atoms with E-state index in [1.54, 1.807) is 24.3 Å². The molecule has 1 aliphatic carbocycles. The quantitative estimate of drug-likeness (QED) is 0.893. The Kier molecular flexibility index (Phi) is 3.68. The molecule has 0 amide bonds. The normalized spacial score (nSPS) is 16.9. The Morgan fingerprint density at radius 1 is 1.33 bits per heavy atom. The number of aromatic amines is 1. The lowest BCUT2D eigenvalue weighted by molar-refractivity contribution is 0.587. The summed E-state index contributed by atoms with van der Waals surface area (Å²) < 4.78 is 0. The van der Waals surface area contributed by atoms with E-state index in [0.717, 1.165) is 36.2 Å². The summed E-state index contributed by atoms with van der Waals surface area (Å²) in [6, 6.07) is 10.8. The van der Waals surface area contributed by atoms with E-state index in [9.17, 15) is 4.79 Å². The van der Waals surface area contributed by atoms with Crippen LogP contribution in [-0.2, 0) is 6.42 Å². The van der Waals surface area contributed by atoms with Crippen molar-refractivity contribution in [1.82, 2.24) is 4.98 Å². The van der Waals surface area contributed by atoms with E-state index in [1.807, 2.05) is 6.07 Å². The van der Waals surface area contributed by atoms with Crippen LogP contribution in [0.15, 0.2) is 35.1 Å². The van der Waals surface area contributed by atoms with E-state index >= 15 is 0 Å². The topological polar surface area (TPSA) is 68.7 Å². The summed E-state index contributed by atoms with van der Waals surface area (Å²) in [5.74, 6) is 0. The van der Waals surface area contributed by atoms with E-state index in [1.165, 1.54) is 0 Å². The highest BCUT2D eigenvalue weighted by Crippen LogP contribution is 2.33. The summed E-state index contributed by atoms with van der Waals surface area (Å²) in [6.45, 7) is 0. The van der Waals surface area contributed by atoms with E-state index in [-0.39, 0.29) is 11.6 Å². The molecule has 1 heterocycles. The highest BCUT2D eigenvalue weighted by Gasteiger charge is 2.21. The highest BCUT2D eigenvalue weighted by molar-refractivity contribution is 6.33. The average molecular weight is 300 g/mol. The van der Waals surface area contributed by atoms with E-state index < -0.39 is 0 Å². The van der Waals surface area contributed by atoms with E-state index in [2.05, 4.69) is 16.4 Å². The van der Waals surface area contributed by atoms with Crippen LogP contribution in [0.4, 0.5) is 5.69 Å². The van der Waals surface area contributed by atoms with Crippen LogP contribution in [0.5, 0.6) is 0 Å². The zero-order chi connectivity index (χ0) is 14.8. The lowest BCUT2D eigenvalue weighted by atomic mass is 9.91. The monoisotopic (exact) mass is 299 g/mol. The summed E-state index contributed by atoms with van der Waals surface area (Å²) in [5.41, 5.74) is 3.33. The van der Waals surface area contributed by atoms with Gasteiger partial charge in [-0.25, -0.2) is 0 Å². The van der Waals surface area contributed by atoms with Gasteiger partial charge in [0.2, 0.25) is 5.56 Å². The first kappa shape index (κ1) is 13.7. The van der Waals surface area contributed by atoms with Gasteiger partial charge in [0.15, 0.2) is 0 Å². The third-order valence-corrected chi connectivity index (χ3v) is 4.09. The fourth-order valence-electron chi connectivity index (χ4n) is 2.74. The number of hydrogen-bond donors (Lipinski definition) is 2. The molecule has 2 aromatic rings. The average Bonchev–Trinajstić information content (AvgIpc) is 2.49. The van der Waals surface area contributed by atoms with Crippen molar-refractivity contribution in [1.29, 1.82) is 5.26 Å². The molecule has 1 aliphatic rings. The number of nitrogens with one attached hydrogen (secondary N) is 2. The van der Waals surface area contributed by atoms with Crippen LogP contribution in [-0.4, -0.2) is 4.98 Å². The van der Waals surface area contributed by atoms with Crippen LogP contribution in [0.1, 0.15) is 35.7 Å². The lowest BCUT2D eigenvalue weighted by Gasteiger charge is -2.27. The fraction of sp³-hybridized carbons (Fsp3) is 0.250. The molecule has 1 unspecified atom stereocenters. The number of aromatic nitrogens is 1. The molecule has 0 bridgehead atoms. The number of anilines is 1. The highest BCUT2D eigenvalue weighted by atomic mass is 35.5. The van der Waals surface area contributed by atoms with Crippen molar-refractivity contribution in [3.8, 4) is 6.07 Å². The molecule has 0 spiro atoms. The molecule has 2 N–H and O–H groups in total. The molecule has 4 nitrogen and oxygen atoms in total. The number of pyridine rings is 1. The molecule has 106 valence electrons. The summed E-state index contributed by atoms with van der Waals surface area (Å²) in [5, 5.41) is 13.0. The molecule has 3 rings (SSSR count). The minimum Gasteiger partial charge on any atom is -0.377 e. The molecule has 1 aromatic carbocycles. The number of halogens is 1. The van der Waals surface area contributed by atoms with Crippen LogP contribution in [0.3, 0.4) is 0 Å². The third kappa shape index (κ3) is 2.79. The van der Waals surface area contributed by atoms with Crippen molar-refractivity contribution >= 4 is 17.3 Å². The maximum absolute atomic E-state index is 11.4. The van der Waals surface area contributed by atoms with Crippen molar-refractivity contribution in [3.05, 3.63) is 62.5 Å². The zero-order valence-electron chi connectivity index (χ0n) is 11.3. The number of nitrogens with zero attached hydrogens (tertiary/aromatic N) is 1. The zero-order valence-corrected chi connectivity index (χ0v) is 12.1. The van der Waals surface area contributed by atoms with Crippen molar-refractivity contribution in [3.63, 3.8) is 0 Å². The summed E-state index contributed by atoms with van der Waals surface area (Å²) in [4.78, 5) is 14.3. The molecule has 1 atom stereocenters. The van der Waals surface area contributed by atoms with Crippen molar-refractivity contribution in [2.45, 2.75) is 25.3 Å². The van der Waals surface area contributed by atoms with Gasteiger partial charge in [-0.1, -0.05) is 11.6 Å². The first-order valence-corrected chi connectivity index (χ1v) is 7.23. The van der Waals surface area contributed by atoms with Crippen molar-refractivity contribution in [2.24, 2.45) is 0 Å². The van der Waals surface area contributed by atoms with Gasteiger partial charge in [0.25, 0.3) is 0 Å². The minimum atomic E-state index is -0.0705. The lowest BCUT2D eigenvalue weighted by Crippen LogP contribution is -2.21. The Balaban J connectivity index is 1.94. The molecule has 21 heavy (non-hydrogen) atoms. The Bertz CT molecular complexity index is 776. The largest absolute Gasteiger partial charge is 0.377 e. The molecule has 1 aromatic heterocycles. The summed E-state index contributed by atoms with van der Waals surface area (Å²) >= 11 is 6.20. The Hall–Kier alpha value is -2.25. The number of nitriles is 1. The first-order chi connectivity index (χ1) is 10.2. The van der Waals surface area contributed by atoms with Crippen molar-refractivity contribution < 1.29 is 0 Å². The van der Waals surface area contributed by atoms with Crippen LogP contribution < -0.4 is 10.9 Å². The Labute approximate surface area is 127 Å². The third-order valence-electron chi connectivity index (χ3n) is 3.76. The maximum atomic E-state index is 11.4. The van der Waals surface area contributed by atoms with Gasteiger partial charge in [0.05, 0.1) is 28.4 Å². The molecule has 0 radical (unpaired) electrons. The number of rotatable bonds is 2. The van der Waals surface area contributed by atoms with Gasteiger partial charge in [-0.15, -0.1) is 0 Å². The molecule has 0 fully saturated rings. The van der Waals surface area contributed by atoms with Gasteiger partial charge < -0.3 is 10.3 Å². The number of benzene rings is 1. The number of hydrogen-bond acceptors (Lipinski definition) is 3. The van der Waals surface area contributed by atoms with Gasteiger partial charge in [-0.2, -0.15) is 5.26 Å². The van der Waals surface area contributed by atoms with Crippen LogP contribution in [0.25, 0.3) is 0 Å². The predicted molar refractivity (Wildman–Crippen MR) is 82.5 cm³/mol. The first-order valence-electron chi connectivity index (χ1n) is 6.85. The van der Waals surface area contributed by atoms with Crippen LogP contribution >= 0.6 is 11.6 Å². The van der Waals surface area contributed by atoms with Gasteiger partial charge in [-0.3, -0.25) is 4.79 Å². The maximum Gasteiger partial charge on any atom is 0.248 e. The van der Waals surface area contributed by atoms with Crippen LogP contribution in [0.2, 0.25) is 5.02 Å². The number of H-pyrrole nitrogens is 1. The predicted octanol–water partition coefficient (Wildman–Crippen LogP) is 3.39. The number of aryl methyl sites for hydroxylation is 1. The minimum absolute atomic E-state index is 0.0705. The molecule has 5 heteroatoms. The Morgan fingerprint density at radius 3 is 3.00 bits per heavy atom. The van der Waals surface area contributed by atoms with Crippen LogP contribution in [0, 0.1) is 11.3 Å². The molecule has 0 saturated carbocycles. The van der Waals surface area contributed by atoms with Crippen molar-refractivity contribution in [2.75, 3.05) is 5.32 Å². The van der Waals surface area contributed by atoms with Gasteiger partial charge in [0, 0.05) is 11.8 Å². The Morgan fingerprint density at radius 2 is 2.19 bits per heavy atom. The summed E-state index contributed by atoms with van der Waals surface area (Å²) in [7, 11) is 0. The fourth-order valence-corrected chi connectivity index (χ4v) is 2.92. The second-order valence-corrected chi connectivity index (χ2v) is 5.56. The van der Waals surface area contributed by atoms with Gasteiger partial charge in [0.1, 0.15) is 0 Å². The van der Waals surface area contributed by atoms with E-state index in [4.69, 9.17) is 16.9 Å². The number of fused-ring (bicyclic) bond motifs is 1.